The molecule has 7 nitrogen and oxygen atoms in total. The molecular weight excluding hydrogens is 358 g/mol. The van der Waals surface area contributed by atoms with E-state index in [1.54, 1.807) is 31.2 Å². The number of amides is 1. The summed E-state index contributed by atoms with van der Waals surface area (Å²) >= 11 is 0. The van der Waals surface area contributed by atoms with Crippen LogP contribution in [0, 0.1) is 5.92 Å². The molecule has 8 heteroatoms. The van der Waals surface area contributed by atoms with Gasteiger partial charge in [0.25, 0.3) is 0 Å². The van der Waals surface area contributed by atoms with Gasteiger partial charge in [0, 0.05) is 18.9 Å². The Morgan fingerprint density at radius 1 is 1.19 bits per heavy atom. The third-order valence-electron chi connectivity index (χ3n) is 4.68. The van der Waals surface area contributed by atoms with Crippen LogP contribution in [-0.4, -0.2) is 49.1 Å². The van der Waals surface area contributed by atoms with Gasteiger partial charge in [-0.15, -0.1) is 0 Å². The summed E-state index contributed by atoms with van der Waals surface area (Å²) in [6.07, 6.45) is 1.21. The SMILES string of the molecule is CC(Cc1ccc(NC(=O)C(C)S(=O)(=O)C2CCOCC2)cc1)C(=O)O. The van der Waals surface area contributed by atoms with E-state index in [9.17, 15) is 18.0 Å². The van der Waals surface area contributed by atoms with Crippen molar-refractivity contribution in [2.75, 3.05) is 18.5 Å². The lowest BCUT2D eigenvalue weighted by Crippen LogP contribution is -2.41. The van der Waals surface area contributed by atoms with Crippen LogP contribution in [0.4, 0.5) is 5.69 Å². The molecule has 1 amide bonds. The molecule has 26 heavy (non-hydrogen) atoms. The molecule has 1 fully saturated rings. The summed E-state index contributed by atoms with van der Waals surface area (Å²) in [5, 5.41) is 9.88. The van der Waals surface area contributed by atoms with Crippen molar-refractivity contribution in [1.29, 1.82) is 0 Å². The molecule has 2 rings (SSSR count). The Morgan fingerprint density at radius 3 is 2.31 bits per heavy atom. The van der Waals surface area contributed by atoms with Crippen molar-refractivity contribution in [2.45, 2.75) is 43.6 Å². The minimum absolute atomic E-state index is 0.387. The van der Waals surface area contributed by atoms with Crippen LogP contribution in [0.1, 0.15) is 32.3 Å². The third kappa shape index (κ3) is 5.04. The number of sulfone groups is 1. The fraction of sp³-hybridized carbons (Fsp3) is 0.556. The van der Waals surface area contributed by atoms with Gasteiger partial charge in [-0.25, -0.2) is 8.42 Å². The number of carbonyl (C=O) groups is 2. The summed E-state index contributed by atoms with van der Waals surface area (Å²) in [5.74, 6) is -1.93. The molecular formula is C18H25NO6S. The number of hydrogen-bond acceptors (Lipinski definition) is 5. The van der Waals surface area contributed by atoms with E-state index in [1.807, 2.05) is 0 Å². The molecule has 1 aromatic rings. The smallest absolute Gasteiger partial charge is 0.306 e. The molecule has 1 saturated heterocycles. The minimum atomic E-state index is -3.57. The Morgan fingerprint density at radius 2 is 1.77 bits per heavy atom. The average Bonchev–Trinajstić information content (AvgIpc) is 2.63. The Kier molecular flexibility index (Phi) is 6.77. The predicted octanol–water partition coefficient (Wildman–Crippen LogP) is 1.87. The second-order valence-corrected chi connectivity index (χ2v) is 9.22. The van der Waals surface area contributed by atoms with E-state index in [0.29, 0.717) is 38.2 Å². The summed E-state index contributed by atoms with van der Waals surface area (Å²) in [6, 6.07) is 6.75. The van der Waals surface area contributed by atoms with E-state index >= 15 is 0 Å². The number of nitrogens with one attached hydrogen (secondary N) is 1. The topological polar surface area (TPSA) is 110 Å². The number of aliphatic carboxylic acids is 1. The van der Waals surface area contributed by atoms with Gasteiger partial charge < -0.3 is 15.2 Å². The quantitative estimate of drug-likeness (QED) is 0.744. The molecule has 1 aliphatic heterocycles. The van der Waals surface area contributed by atoms with Crippen molar-refractivity contribution in [3.63, 3.8) is 0 Å². The van der Waals surface area contributed by atoms with E-state index in [-0.39, 0.29) is 0 Å². The number of carbonyl (C=O) groups excluding carboxylic acids is 1. The van der Waals surface area contributed by atoms with Crippen molar-refractivity contribution < 1.29 is 27.9 Å². The van der Waals surface area contributed by atoms with E-state index in [2.05, 4.69) is 5.32 Å². The van der Waals surface area contributed by atoms with Gasteiger partial charge in [0.2, 0.25) is 5.91 Å². The van der Waals surface area contributed by atoms with E-state index in [1.165, 1.54) is 6.92 Å². The van der Waals surface area contributed by atoms with E-state index in [0.717, 1.165) is 5.56 Å². The van der Waals surface area contributed by atoms with Gasteiger partial charge in [0.1, 0.15) is 5.25 Å². The van der Waals surface area contributed by atoms with Gasteiger partial charge in [-0.2, -0.15) is 0 Å². The van der Waals surface area contributed by atoms with Crippen molar-refractivity contribution in [2.24, 2.45) is 5.92 Å². The van der Waals surface area contributed by atoms with Crippen LogP contribution in [0.15, 0.2) is 24.3 Å². The number of carboxylic acids is 1. The van der Waals surface area contributed by atoms with Gasteiger partial charge in [0.15, 0.2) is 9.84 Å². The van der Waals surface area contributed by atoms with Crippen molar-refractivity contribution in [3.05, 3.63) is 29.8 Å². The molecule has 2 N–H and O–H groups in total. The largest absolute Gasteiger partial charge is 0.481 e. The number of rotatable bonds is 7. The number of anilines is 1. The Hall–Kier alpha value is -1.93. The van der Waals surface area contributed by atoms with Gasteiger partial charge in [-0.3, -0.25) is 9.59 Å². The number of benzene rings is 1. The molecule has 0 radical (unpaired) electrons. The normalized spacial score (nSPS) is 18.1. The molecule has 1 aromatic carbocycles. The van der Waals surface area contributed by atoms with Crippen LogP contribution in [0.2, 0.25) is 0 Å². The molecule has 2 unspecified atom stereocenters. The molecule has 0 bridgehead atoms. The number of hydrogen-bond donors (Lipinski definition) is 2. The standard InChI is InChI=1S/C18H25NO6S/c1-12(18(21)22)11-14-3-5-15(6-4-14)19-17(20)13(2)26(23,24)16-7-9-25-10-8-16/h3-6,12-13,16H,7-11H2,1-2H3,(H,19,20)(H,21,22). The molecule has 2 atom stereocenters. The summed E-state index contributed by atoms with van der Waals surface area (Å²) in [6.45, 7) is 3.83. The van der Waals surface area contributed by atoms with Gasteiger partial charge in [-0.1, -0.05) is 19.1 Å². The summed E-state index contributed by atoms with van der Waals surface area (Å²) in [5.41, 5.74) is 1.32. The van der Waals surface area contributed by atoms with Gasteiger partial charge >= 0.3 is 5.97 Å². The summed E-state index contributed by atoms with van der Waals surface area (Å²) in [7, 11) is -3.57. The zero-order valence-corrected chi connectivity index (χ0v) is 15.8. The first-order chi connectivity index (χ1) is 12.2. The Bertz CT molecular complexity index is 737. The Balaban J connectivity index is 1.99. The molecule has 0 aliphatic carbocycles. The van der Waals surface area contributed by atoms with Gasteiger partial charge in [0.05, 0.1) is 11.2 Å². The van der Waals surface area contributed by atoms with Gasteiger partial charge in [-0.05, 0) is 43.9 Å². The highest BCUT2D eigenvalue weighted by atomic mass is 32.2. The average molecular weight is 383 g/mol. The fourth-order valence-electron chi connectivity index (χ4n) is 2.85. The number of ether oxygens (including phenoxy) is 1. The van der Waals surface area contributed by atoms with Crippen LogP contribution < -0.4 is 5.32 Å². The van der Waals surface area contributed by atoms with Crippen LogP contribution in [0.5, 0.6) is 0 Å². The van der Waals surface area contributed by atoms with Crippen LogP contribution >= 0.6 is 0 Å². The highest BCUT2D eigenvalue weighted by Gasteiger charge is 2.36. The van der Waals surface area contributed by atoms with Crippen LogP contribution in [0.25, 0.3) is 0 Å². The fourth-order valence-corrected chi connectivity index (χ4v) is 4.64. The highest BCUT2D eigenvalue weighted by molar-refractivity contribution is 7.93. The first kappa shape index (κ1) is 20.4. The lowest BCUT2D eigenvalue weighted by Gasteiger charge is -2.25. The van der Waals surface area contributed by atoms with Crippen molar-refractivity contribution in [3.8, 4) is 0 Å². The molecule has 1 aliphatic rings. The lowest BCUT2D eigenvalue weighted by molar-refractivity contribution is -0.141. The third-order valence-corrected chi connectivity index (χ3v) is 7.28. The molecule has 0 spiro atoms. The van der Waals surface area contributed by atoms with Crippen LogP contribution in [-0.2, 0) is 30.6 Å². The van der Waals surface area contributed by atoms with Crippen LogP contribution in [0.3, 0.4) is 0 Å². The summed E-state index contributed by atoms with van der Waals surface area (Å²) < 4.78 is 30.4. The molecule has 1 heterocycles. The predicted molar refractivity (Wildman–Crippen MR) is 97.8 cm³/mol. The lowest BCUT2D eigenvalue weighted by atomic mass is 10.0. The highest BCUT2D eigenvalue weighted by Crippen LogP contribution is 2.21. The molecule has 144 valence electrons. The second kappa shape index (κ2) is 8.64. The zero-order valence-electron chi connectivity index (χ0n) is 15.0. The monoisotopic (exact) mass is 383 g/mol. The number of carboxylic acid groups (broad SMARTS) is 1. The molecule has 0 aromatic heterocycles. The maximum atomic E-state index is 12.6. The van der Waals surface area contributed by atoms with E-state index < -0.39 is 38.1 Å². The minimum Gasteiger partial charge on any atom is -0.481 e. The molecule has 0 saturated carbocycles. The van der Waals surface area contributed by atoms with Crippen molar-refractivity contribution in [1.82, 2.24) is 0 Å². The van der Waals surface area contributed by atoms with E-state index in [4.69, 9.17) is 9.84 Å². The summed E-state index contributed by atoms with van der Waals surface area (Å²) in [4.78, 5) is 23.2. The zero-order chi connectivity index (χ0) is 19.3. The first-order valence-corrected chi connectivity index (χ1v) is 10.3. The maximum absolute atomic E-state index is 12.6. The second-order valence-electron chi connectivity index (χ2n) is 6.67. The Labute approximate surface area is 153 Å². The van der Waals surface area contributed by atoms with Crippen molar-refractivity contribution >= 4 is 27.4 Å². The first-order valence-electron chi connectivity index (χ1n) is 8.65. The maximum Gasteiger partial charge on any atom is 0.306 e.